The van der Waals surface area contributed by atoms with Crippen LogP contribution in [-0.2, 0) is 0 Å². The molecule has 0 fully saturated rings. The highest BCUT2D eigenvalue weighted by Crippen LogP contribution is 2.39. The van der Waals surface area contributed by atoms with Gasteiger partial charge in [0.25, 0.3) is 0 Å². The van der Waals surface area contributed by atoms with E-state index in [1.165, 1.54) is 0 Å². The van der Waals surface area contributed by atoms with E-state index in [-0.39, 0.29) is 5.12 Å². The molecule has 0 saturated carbocycles. The van der Waals surface area contributed by atoms with Gasteiger partial charge < -0.3 is 4.90 Å². The number of nitrogens with zero attached hydrogens (tertiary/aromatic N) is 1. The summed E-state index contributed by atoms with van der Waals surface area (Å²) in [5, 5.41) is 0.271. The third-order valence-corrected chi connectivity index (χ3v) is 3.52. The number of anilines is 1. The van der Waals surface area contributed by atoms with Crippen molar-refractivity contribution in [3.63, 3.8) is 0 Å². The molecule has 0 bridgehead atoms. The van der Waals surface area contributed by atoms with Gasteiger partial charge in [-0.25, -0.2) is 0 Å². The molecule has 0 N–H and O–H groups in total. The highest BCUT2D eigenvalue weighted by Gasteiger charge is 2.17. The average Bonchev–Trinajstić information content (AvgIpc) is 2.15. The summed E-state index contributed by atoms with van der Waals surface area (Å²) in [6, 6.07) is 7.79. The zero-order chi connectivity index (χ0) is 11.6. The first-order valence-corrected chi connectivity index (χ1v) is 7.68. The molecule has 0 atom stereocenters. The van der Waals surface area contributed by atoms with Gasteiger partial charge in [-0.15, -0.1) is 0 Å². The predicted molar refractivity (Wildman–Crippen MR) is 70.5 cm³/mol. The standard InChI is InChI=1S/C12H19NOS/c1-13(2)11-8-6-10(7-9-11)12(14)15(3,4)5/h6-9H,1-5H3. The van der Waals surface area contributed by atoms with Crippen molar-refractivity contribution in [2.24, 2.45) is 0 Å². The van der Waals surface area contributed by atoms with Gasteiger partial charge >= 0.3 is 0 Å². The topological polar surface area (TPSA) is 20.3 Å². The van der Waals surface area contributed by atoms with Crippen LogP contribution in [0, 0.1) is 0 Å². The number of carbonyl (C=O) groups is 1. The van der Waals surface area contributed by atoms with Gasteiger partial charge in [-0.05, 0) is 43.0 Å². The smallest absolute Gasteiger partial charge is 0.201 e. The zero-order valence-corrected chi connectivity index (χ0v) is 10.9. The lowest BCUT2D eigenvalue weighted by molar-refractivity contribution is 0.108. The summed E-state index contributed by atoms with van der Waals surface area (Å²) >= 11 is 0. The maximum atomic E-state index is 12.0. The minimum atomic E-state index is -1.14. The first-order chi connectivity index (χ1) is 6.82. The van der Waals surface area contributed by atoms with Crippen molar-refractivity contribution in [3.8, 4) is 0 Å². The second-order valence-electron chi connectivity index (χ2n) is 4.57. The van der Waals surface area contributed by atoms with Gasteiger partial charge in [0.15, 0.2) is 0 Å². The summed E-state index contributed by atoms with van der Waals surface area (Å²) < 4.78 is 0. The summed E-state index contributed by atoms with van der Waals surface area (Å²) in [6.45, 7) is 0. The molecule has 0 spiro atoms. The number of rotatable bonds is 2. The molecule has 0 aliphatic rings. The van der Waals surface area contributed by atoms with Gasteiger partial charge in [-0.3, -0.25) is 4.79 Å². The van der Waals surface area contributed by atoms with Crippen LogP contribution in [-0.4, -0.2) is 38.0 Å². The molecule has 0 aromatic heterocycles. The molecule has 1 aromatic rings. The van der Waals surface area contributed by atoms with Crippen molar-refractivity contribution >= 4 is 20.8 Å². The minimum Gasteiger partial charge on any atom is -0.378 e. The molecule has 1 rings (SSSR count). The Morgan fingerprint density at radius 3 is 1.87 bits per heavy atom. The number of hydrogen-bond acceptors (Lipinski definition) is 2. The maximum absolute atomic E-state index is 12.0. The van der Waals surface area contributed by atoms with Crippen LogP contribution < -0.4 is 4.90 Å². The lowest BCUT2D eigenvalue weighted by atomic mass is 10.2. The Morgan fingerprint density at radius 2 is 1.53 bits per heavy atom. The van der Waals surface area contributed by atoms with Gasteiger partial charge in [0.1, 0.15) is 0 Å². The molecule has 0 unspecified atom stereocenters. The van der Waals surface area contributed by atoms with E-state index in [0.717, 1.165) is 11.3 Å². The van der Waals surface area contributed by atoms with E-state index in [1.807, 2.05) is 62.0 Å². The van der Waals surface area contributed by atoms with Crippen LogP contribution in [0.15, 0.2) is 24.3 Å². The van der Waals surface area contributed by atoms with E-state index >= 15 is 0 Å². The Balaban J connectivity index is 2.95. The predicted octanol–water partition coefficient (Wildman–Crippen LogP) is 2.59. The fourth-order valence-electron chi connectivity index (χ4n) is 1.25. The van der Waals surface area contributed by atoms with Crippen LogP contribution in [0.2, 0.25) is 0 Å². The molecule has 1 aromatic carbocycles. The molecular weight excluding hydrogens is 206 g/mol. The highest BCUT2D eigenvalue weighted by atomic mass is 32.3. The van der Waals surface area contributed by atoms with Crippen LogP contribution in [0.4, 0.5) is 5.69 Å². The first kappa shape index (κ1) is 12.1. The molecule has 0 aliphatic heterocycles. The van der Waals surface area contributed by atoms with Crippen molar-refractivity contribution < 1.29 is 4.79 Å². The van der Waals surface area contributed by atoms with Gasteiger partial charge in [-0.1, -0.05) is 0 Å². The largest absolute Gasteiger partial charge is 0.378 e. The molecular formula is C12H19NOS. The molecule has 84 valence electrons. The lowest BCUT2D eigenvalue weighted by Gasteiger charge is -2.23. The van der Waals surface area contributed by atoms with Crippen molar-refractivity contribution in [1.82, 2.24) is 0 Å². The van der Waals surface area contributed by atoms with E-state index in [9.17, 15) is 4.79 Å². The molecule has 0 aliphatic carbocycles. The summed E-state index contributed by atoms with van der Waals surface area (Å²) in [5.74, 6) is 0. The van der Waals surface area contributed by atoms with E-state index in [4.69, 9.17) is 0 Å². The molecule has 15 heavy (non-hydrogen) atoms. The second-order valence-corrected chi connectivity index (χ2v) is 8.61. The fraction of sp³-hybridized carbons (Fsp3) is 0.417. The lowest BCUT2D eigenvalue weighted by Crippen LogP contribution is -2.10. The monoisotopic (exact) mass is 225 g/mol. The van der Waals surface area contributed by atoms with Crippen LogP contribution in [0.5, 0.6) is 0 Å². The quantitative estimate of drug-likeness (QED) is 0.771. The van der Waals surface area contributed by atoms with Gasteiger partial charge in [0, 0.05) is 25.3 Å². The van der Waals surface area contributed by atoms with Crippen LogP contribution in [0.1, 0.15) is 10.4 Å². The van der Waals surface area contributed by atoms with Crippen molar-refractivity contribution in [1.29, 1.82) is 0 Å². The molecule has 3 heteroatoms. The zero-order valence-electron chi connectivity index (χ0n) is 10.1. The summed E-state index contributed by atoms with van der Waals surface area (Å²) in [5.41, 5.74) is 1.94. The van der Waals surface area contributed by atoms with Gasteiger partial charge in [0.2, 0.25) is 5.12 Å². The fourth-order valence-corrected chi connectivity index (χ4v) is 2.09. The molecule has 2 nitrogen and oxygen atoms in total. The van der Waals surface area contributed by atoms with E-state index in [1.54, 1.807) is 0 Å². The maximum Gasteiger partial charge on any atom is 0.201 e. The van der Waals surface area contributed by atoms with Gasteiger partial charge in [-0.2, -0.15) is 10.0 Å². The Kier molecular flexibility index (Phi) is 3.45. The number of benzene rings is 1. The minimum absolute atomic E-state index is 0.271. The van der Waals surface area contributed by atoms with Crippen molar-refractivity contribution in [3.05, 3.63) is 29.8 Å². The molecule has 0 heterocycles. The Hall–Kier alpha value is -0.960. The number of carbonyl (C=O) groups excluding carboxylic acids is 1. The number of hydrogen-bond donors (Lipinski definition) is 0. The molecule has 0 radical (unpaired) electrons. The normalized spacial score (nSPS) is 12.3. The first-order valence-electron chi connectivity index (χ1n) is 4.82. The Bertz CT molecular complexity index is 349. The van der Waals surface area contributed by atoms with Crippen LogP contribution in [0.25, 0.3) is 0 Å². The van der Waals surface area contributed by atoms with Crippen LogP contribution >= 0.6 is 10.0 Å². The van der Waals surface area contributed by atoms with Gasteiger partial charge in [0.05, 0.1) is 0 Å². The van der Waals surface area contributed by atoms with Crippen LogP contribution in [0.3, 0.4) is 0 Å². The highest BCUT2D eigenvalue weighted by molar-refractivity contribution is 8.44. The van der Waals surface area contributed by atoms with Crippen molar-refractivity contribution in [2.75, 3.05) is 37.8 Å². The Morgan fingerprint density at radius 1 is 1.07 bits per heavy atom. The second kappa shape index (κ2) is 4.27. The van der Waals surface area contributed by atoms with E-state index in [2.05, 4.69) is 0 Å². The third kappa shape index (κ3) is 2.99. The molecule has 0 amide bonds. The Labute approximate surface area is 93.6 Å². The summed E-state index contributed by atoms with van der Waals surface area (Å²) in [7, 11) is 2.84. The summed E-state index contributed by atoms with van der Waals surface area (Å²) in [6.07, 6.45) is 6.07. The average molecular weight is 225 g/mol. The van der Waals surface area contributed by atoms with Crippen molar-refractivity contribution in [2.45, 2.75) is 0 Å². The summed E-state index contributed by atoms with van der Waals surface area (Å²) in [4.78, 5) is 14.0. The van der Waals surface area contributed by atoms with E-state index < -0.39 is 10.0 Å². The molecule has 0 saturated heterocycles. The SMILES string of the molecule is CN(C)c1ccc(C(=O)S(C)(C)C)cc1. The third-order valence-electron chi connectivity index (χ3n) is 2.18. The van der Waals surface area contributed by atoms with E-state index in [0.29, 0.717) is 0 Å².